The number of hydrogen-bond donors (Lipinski definition) is 0. The van der Waals surface area contributed by atoms with E-state index in [2.05, 4.69) is 234 Å². The van der Waals surface area contributed by atoms with Crippen LogP contribution in [0.4, 0.5) is 17.1 Å². The normalized spacial score (nSPS) is 15.3. The van der Waals surface area contributed by atoms with Crippen LogP contribution in [0, 0.1) is 0 Å². The third kappa shape index (κ3) is 5.27. The molecule has 9 aromatic carbocycles. The summed E-state index contributed by atoms with van der Waals surface area (Å²) in [6.45, 7) is 14.3. The van der Waals surface area contributed by atoms with E-state index in [4.69, 9.17) is 0 Å². The maximum Gasteiger partial charge on any atom is 0.0465 e. The lowest BCUT2D eigenvalue weighted by atomic mass is 9.81. The minimum atomic E-state index is -0.198. The third-order valence-corrected chi connectivity index (χ3v) is 14.9. The predicted molar refractivity (Wildman–Crippen MR) is 262 cm³/mol. The number of rotatable bonds is 5. The standard InChI is InChI=1S/C61H49N/c1-59(2)53-17-11-9-15-47(53)50-30-26-44(35-56(50)59)62(45-27-31-51-48-16-10-12-18-54(48)60(3,4)57(51)36-45)46-28-32-52-49-29-25-43(34-55(49)61(5,6)58(52)37-46)40-21-19-39(20-22-40)42-24-23-38-13-7-8-14-41(38)33-42/h7-37H,1-6H3. The molecule has 0 radical (unpaired) electrons. The van der Waals surface area contributed by atoms with E-state index in [9.17, 15) is 0 Å². The van der Waals surface area contributed by atoms with Gasteiger partial charge in [0.25, 0.3) is 0 Å². The second-order valence-electron chi connectivity index (χ2n) is 19.4. The summed E-state index contributed by atoms with van der Waals surface area (Å²) < 4.78 is 0. The van der Waals surface area contributed by atoms with Crippen LogP contribution < -0.4 is 4.90 Å². The van der Waals surface area contributed by atoms with Crippen LogP contribution in [-0.4, -0.2) is 0 Å². The number of fused-ring (bicyclic) bond motifs is 10. The van der Waals surface area contributed by atoms with Gasteiger partial charge in [0.2, 0.25) is 0 Å². The van der Waals surface area contributed by atoms with Gasteiger partial charge in [0.15, 0.2) is 0 Å². The molecule has 0 saturated carbocycles. The lowest BCUT2D eigenvalue weighted by molar-refractivity contribution is 0.659. The van der Waals surface area contributed by atoms with E-state index < -0.39 is 0 Å². The van der Waals surface area contributed by atoms with Crippen molar-refractivity contribution in [3.05, 3.63) is 221 Å². The molecular weight excluding hydrogens is 747 g/mol. The molecule has 0 atom stereocenters. The molecule has 1 nitrogen and oxygen atoms in total. The van der Waals surface area contributed by atoms with E-state index >= 15 is 0 Å². The molecule has 0 fully saturated rings. The van der Waals surface area contributed by atoms with Crippen LogP contribution in [-0.2, 0) is 16.2 Å². The molecule has 1 heteroatoms. The Morgan fingerprint density at radius 1 is 0.258 bits per heavy atom. The van der Waals surface area contributed by atoms with E-state index in [1.54, 1.807) is 0 Å². The number of nitrogens with zero attached hydrogens (tertiary/aromatic N) is 1. The molecule has 0 spiro atoms. The zero-order valence-electron chi connectivity index (χ0n) is 36.3. The Morgan fingerprint density at radius 2 is 0.597 bits per heavy atom. The van der Waals surface area contributed by atoms with Gasteiger partial charge in [0.05, 0.1) is 0 Å². The molecule has 9 aromatic rings. The molecule has 62 heavy (non-hydrogen) atoms. The minimum Gasteiger partial charge on any atom is -0.310 e. The summed E-state index contributed by atoms with van der Waals surface area (Å²) in [6, 6.07) is 71.0. The van der Waals surface area contributed by atoms with Gasteiger partial charge in [-0.05, 0) is 148 Å². The van der Waals surface area contributed by atoms with Crippen molar-refractivity contribution in [1.29, 1.82) is 0 Å². The predicted octanol–water partition coefficient (Wildman–Crippen LogP) is 16.6. The first-order chi connectivity index (χ1) is 30.0. The second kappa shape index (κ2) is 13.0. The molecule has 0 heterocycles. The average Bonchev–Trinajstić information content (AvgIpc) is 3.78. The minimum absolute atomic E-state index is 0.106. The highest BCUT2D eigenvalue weighted by molar-refractivity contribution is 5.92. The summed E-state index contributed by atoms with van der Waals surface area (Å²) in [7, 11) is 0. The SMILES string of the molecule is CC1(C)c2ccccc2-c2ccc(N(c3ccc4c(c3)C(C)(C)c3ccccc3-4)c3ccc4c(c3)C(C)(C)c3cc(-c5ccc(-c6ccc7ccccc7c6)cc5)ccc3-4)cc21. The van der Waals surface area contributed by atoms with Crippen molar-refractivity contribution in [2.75, 3.05) is 4.90 Å². The van der Waals surface area contributed by atoms with Crippen molar-refractivity contribution in [1.82, 2.24) is 0 Å². The van der Waals surface area contributed by atoms with Crippen LogP contribution in [0.2, 0.25) is 0 Å². The van der Waals surface area contributed by atoms with Gasteiger partial charge < -0.3 is 4.90 Å². The van der Waals surface area contributed by atoms with E-state index in [-0.39, 0.29) is 16.2 Å². The zero-order chi connectivity index (χ0) is 42.1. The summed E-state index contributed by atoms with van der Waals surface area (Å²) in [5, 5.41) is 2.54. The van der Waals surface area contributed by atoms with Gasteiger partial charge in [0, 0.05) is 33.3 Å². The van der Waals surface area contributed by atoms with E-state index in [0.717, 1.165) is 0 Å². The summed E-state index contributed by atoms with van der Waals surface area (Å²) in [5.74, 6) is 0. The molecule has 298 valence electrons. The Balaban J connectivity index is 0.948. The van der Waals surface area contributed by atoms with Crippen LogP contribution in [0.25, 0.3) is 66.4 Å². The lowest BCUT2D eigenvalue weighted by Crippen LogP contribution is -2.19. The highest BCUT2D eigenvalue weighted by Gasteiger charge is 2.39. The molecule has 3 aliphatic rings. The maximum atomic E-state index is 2.51. The van der Waals surface area contributed by atoms with Gasteiger partial charge in [-0.15, -0.1) is 0 Å². The van der Waals surface area contributed by atoms with Gasteiger partial charge in [-0.3, -0.25) is 0 Å². The Kier molecular flexibility index (Phi) is 7.74. The molecule has 0 aliphatic heterocycles. The van der Waals surface area contributed by atoms with Crippen molar-refractivity contribution in [2.24, 2.45) is 0 Å². The zero-order valence-corrected chi connectivity index (χ0v) is 36.3. The first-order valence-electron chi connectivity index (χ1n) is 22.2. The van der Waals surface area contributed by atoms with Crippen molar-refractivity contribution in [3.63, 3.8) is 0 Å². The van der Waals surface area contributed by atoms with Gasteiger partial charge in [-0.2, -0.15) is 0 Å². The Morgan fingerprint density at radius 3 is 1.10 bits per heavy atom. The van der Waals surface area contributed by atoms with Crippen molar-refractivity contribution < 1.29 is 0 Å². The molecular formula is C61H49N. The van der Waals surface area contributed by atoms with Gasteiger partial charge in [-0.25, -0.2) is 0 Å². The van der Waals surface area contributed by atoms with Crippen LogP contribution >= 0.6 is 0 Å². The van der Waals surface area contributed by atoms with Crippen LogP contribution in [0.3, 0.4) is 0 Å². The number of benzene rings is 9. The average molecular weight is 796 g/mol. The fraction of sp³-hybridized carbons (Fsp3) is 0.148. The van der Waals surface area contributed by atoms with Crippen molar-refractivity contribution in [2.45, 2.75) is 57.8 Å². The molecule has 0 bridgehead atoms. The van der Waals surface area contributed by atoms with E-state index in [0.29, 0.717) is 0 Å². The molecule has 3 aliphatic carbocycles. The first-order valence-corrected chi connectivity index (χ1v) is 22.2. The maximum absolute atomic E-state index is 2.51. The number of anilines is 3. The summed E-state index contributed by atoms with van der Waals surface area (Å²) in [6.07, 6.45) is 0. The number of hydrogen-bond acceptors (Lipinski definition) is 1. The first kappa shape index (κ1) is 36.9. The molecule has 0 saturated heterocycles. The molecule has 12 rings (SSSR count). The summed E-state index contributed by atoms with van der Waals surface area (Å²) in [4.78, 5) is 2.51. The van der Waals surface area contributed by atoms with Crippen molar-refractivity contribution >= 4 is 27.8 Å². The smallest absolute Gasteiger partial charge is 0.0465 e. The molecule has 0 N–H and O–H groups in total. The lowest BCUT2D eigenvalue weighted by Gasteiger charge is -2.31. The molecule has 0 aromatic heterocycles. The van der Waals surface area contributed by atoms with Crippen LogP contribution in [0.15, 0.2) is 188 Å². The molecule has 0 amide bonds. The second-order valence-corrected chi connectivity index (χ2v) is 19.4. The topological polar surface area (TPSA) is 3.24 Å². The fourth-order valence-corrected chi connectivity index (χ4v) is 11.4. The quantitative estimate of drug-likeness (QED) is 0.168. The summed E-state index contributed by atoms with van der Waals surface area (Å²) >= 11 is 0. The Bertz CT molecular complexity index is 3210. The largest absolute Gasteiger partial charge is 0.310 e. The van der Waals surface area contributed by atoms with Gasteiger partial charge in [0.1, 0.15) is 0 Å². The van der Waals surface area contributed by atoms with E-state index in [1.807, 2.05) is 0 Å². The Hall–Kier alpha value is -6.96. The van der Waals surface area contributed by atoms with Gasteiger partial charge in [-0.1, -0.05) is 181 Å². The Labute approximate surface area is 366 Å². The van der Waals surface area contributed by atoms with E-state index in [1.165, 1.54) is 117 Å². The fourth-order valence-electron chi connectivity index (χ4n) is 11.4. The highest BCUT2D eigenvalue weighted by Crippen LogP contribution is 2.55. The monoisotopic (exact) mass is 795 g/mol. The molecule has 0 unspecified atom stereocenters. The van der Waals surface area contributed by atoms with Crippen LogP contribution in [0.5, 0.6) is 0 Å². The van der Waals surface area contributed by atoms with Gasteiger partial charge >= 0.3 is 0 Å². The van der Waals surface area contributed by atoms with Crippen LogP contribution in [0.1, 0.15) is 74.9 Å². The highest BCUT2D eigenvalue weighted by atomic mass is 15.1. The van der Waals surface area contributed by atoms with Crippen molar-refractivity contribution in [3.8, 4) is 55.6 Å². The summed E-state index contributed by atoms with van der Waals surface area (Å²) in [5.41, 5.74) is 24.4. The third-order valence-electron chi connectivity index (χ3n) is 14.9.